The van der Waals surface area contributed by atoms with Crippen LogP contribution in [0.4, 0.5) is 0 Å². The second kappa shape index (κ2) is 4.92. The predicted octanol–water partition coefficient (Wildman–Crippen LogP) is 3.41. The lowest BCUT2D eigenvalue weighted by Gasteiger charge is -2.20. The maximum Gasteiger partial charge on any atom is 0.316 e. The number of carbonyl (C=O) groups excluding carboxylic acids is 1. The molecule has 1 rings (SSSR count). The third kappa shape index (κ3) is 2.61. The molecular weight excluding hydrogens is 228 g/mol. The molecule has 0 spiro atoms. The Balaban J connectivity index is 3.29. The number of rotatable bonds is 4. The molecule has 18 heavy (non-hydrogen) atoms. The summed E-state index contributed by atoms with van der Waals surface area (Å²) in [6.07, 6.45) is 0. The van der Waals surface area contributed by atoms with E-state index < -0.39 is 11.4 Å². The molecule has 0 saturated carbocycles. The first-order chi connectivity index (χ1) is 8.17. The van der Waals surface area contributed by atoms with Gasteiger partial charge in [0.2, 0.25) is 0 Å². The van der Waals surface area contributed by atoms with Crippen molar-refractivity contribution in [3.63, 3.8) is 0 Å². The van der Waals surface area contributed by atoms with Crippen LogP contribution in [0.3, 0.4) is 0 Å². The van der Waals surface area contributed by atoms with E-state index in [9.17, 15) is 9.59 Å². The Kier molecular flexibility index (Phi) is 3.95. The van der Waals surface area contributed by atoms with Crippen LogP contribution in [0.5, 0.6) is 0 Å². The highest BCUT2D eigenvalue weighted by atomic mass is 16.4. The third-order valence-electron chi connectivity index (χ3n) is 3.28. The fourth-order valence-electron chi connectivity index (χ4n) is 1.68. The molecule has 3 nitrogen and oxygen atoms in total. The molecule has 1 aromatic rings. The van der Waals surface area contributed by atoms with Crippen molar-refractivity contribution in [3.05, 3.63) is 34.9 Å². The van der Waals surface area contributed by atoms with Crippen molar-refractivity contribution < 1.29 is 14.7 Å². The lowest BCUT2D eigenvalue weighted by molar-refractivity contribution is -0.144. The Morgan fingerprint density at radius 2 is 1.78 bits per heavy atom. The number of hydrogen-bond donors (Lipinski definition) is 1. The van der Waals surface area contributed by atoms with Gasteiger partial charge in [0.1, 0.15) is 5.41 Å². The van der Waals surface area contributed by atoms with E-state index in [1.807, 2.05) is 39.0 Å². The molecule has 3 heteroatoms. The van der Waals surface area contributed by atoms with Gasteiger partial charge in [-0.15, -0.1) is 0 Å². The first kappa shape index (κ1) is 14.4. The molecule has 0 aromatic heterocycles. The van der Waals surface area contributed by atoms with E-state index in [0.29, 0.717) is 11.5 Å². The highest BCUT2D eigenvalue weighted by Crippen LogP contribution is 2.26. The standard InChI is InChI=1S/C15H20O3/c1-9(2)11-7-6-10(3)12(8-11)13(16)15(4,5)14(17)18/h6-9H,1-5H3,(H,17,18). The van der Waals surface area contributed by atoms with Crippen molar-refractivity contribution in [2.75, 3.05) is 0 Å². The van der Waals surface area contributed by atoms with E-state index in [2.05, 4.69) is 0 Å². The molecule has 0 atom stereocenters. The number of ketones is 1. The zero-order valence-corrected chi connectivity index (χ0v) is 11.6. The SMILES string of the molecule is Cc1ccc(C(C)C)cc1C(=O)C(C)(C)C(=O)O. The number of aliphatic carboxylic acids is 1. The van der Waals surface area contributed by atoms with Gasteiger partial charge in [0.15, 0.2) is 5.78 Å². The molecule has 0 heterocycles. The molecule has 0 aliphatic carbocycles. The number of Topliss-reactive ketones (excluding diaryl/α,β-unsaturated/α-hetero) is 1. The van der Waals surface area contributed by atoms with Gasteiger partial charge >= 0.3 is 5.97 Å². The van der Waals surface area contributed by atoms with Gasteiger partial charge in [0.25, 0.3) is 0 Å². The van der Waals surface area contributed by atoms with Gasteiger partial charge in [0.05, 0.1) is 0 Å². The average Bonchev–Trinajstić information content (AvgIpc) is 2.28. The van der Waals surface area contributed by atoms with Crippen molar-refractivity contribution in [2.24, 2.45) is 5.41 Å². The Morgan fingerprint density at radius 3 is 2.22 bits per heavy atom. The summed E-state index contributed by atoms with van der Waals surface area (Å²) in [7, 11) is 0. The molecule has 0 bridgehead atoms. The van der Waals surface area contributed by atoms with Crippen LogP contribution >= 0.6 is 0 Å². The number of carboxylic acid groups (broad SMARTS) is 1. The van der Waals surface area contributed by atoms with Crippen molar-refractivity contribution >= 4 is 11.8 Å². The summed E-state index contributed by atoms with van der Waals surface area (Å²) in [6, 6.07) is 5.66. The van der Waals surface area contributed by atoms with Crippen molar-refractivity contribution in [1.29, 1.82) is 0 Å². The zero-order chi connectivity index (χ0) is 14.1. The maximum atomic E-state index is 12.3. The molecule has 0 amide bonds. The normalized spacial score (nSPS) is 11.7. The Labute approximate surface area is 108 Å². The molecule has 0 unspecified atom stereocenters. The molecule has 98 valence electrons. The monoisotopic (exact) mass is 248 g/mol. The Hall–Kier alpha value is -1.64. The summed E-state index contributed by atoms with van der Waals surface area (Å²) in [5, 5.41) is 9.12. The van der Waals surface area contributed by atoms with Gasteiger partial charge in [-0.25, -0.2) is 0 Å². The van der Waals surface area contributed by atoms with E-state index in [-0.39, 0.29) is 5.78 Å². The van der Waals surface area contributed by atoms with Gasteiger partial charge in [0, 0.05) is 5.56 Å². The van der Waals surface area contributed by atoms with Crippen molar-refractivity contribution in [1.82, 2.24) is 0 Å². The largest absolute Gasteiger partial charge is 0.481 e. The van der Waals surface area contributed by atoms with Crippen LogP contribution in [-0.2, 0) is 4.79 Å². The highest BCUT2D eigenvalue weighted by molar-refractivity contribution is 6.12. The maximum absolute atomic E-state index is 12.3. The summed E-state index contributed by atoms with van der Waals surface area (Å²) in [6.45, 7) is 8.80. The summed E-state index contributed by atoms with van der Waals surface area (Å²) < 4.78 is 0. The number of carbonyl (C=O) groups is 2. The Morgan fingerprint density at radius 1 is 1.22 bits per heavy atom. The molecule has 0 saturated heterocycles. The second-order valence-corrected chi connectivity index (χ2v) is 5.49. The molecule has 0 aliphatic rings. The van der Waals surface area contributed by atoms with Crippen molar-refractivity contribution in [2.45, 2.75) is 40.5 Å². The number of hydrogen-bond acceptors (Lipinski definition) is 2. The van der Waals surface area contributed by atoms with E-state index in [1.165, 1.54) is 13.8 Å². The van der Waals surface area contributed by atoms with E-state index >= 15 is 0 Å². The summed E-state index contributed by atoms with van der Waals surface area (Å²) in [5.41, 5.74) is 0.984. The highest BCUT2D eigenvalue weighted by Gasteiger charge is 2.37. The van der Waals surface area contributed by atoms with Crippen LogP contribution in [0.15, 0.2) is 18.2 Å². The topological polar surface area (TPSA) is 54.4 Å². The zero-order valence-electron chi connectivity index (χ0n) is 11.6. The average molecular weight is 248 g/mol. The lowest BCUT2D eigenvalue weighted by atomic mass is 9.82. The number of aryl methyl sites for hydroxylation is 1. The van der Waals surface area contributed by atoms with Crippen LogP contribution in [0.2, 0.25) is 0 Å². The number of benzene rings is 1. The van der Waals surface area contributed by atoms with E-state index in [0.717, 1.165) is 11.1 Å². The van der Waals surface area contributed by atoms with Crippen LogP contribution in [0, 0.1) is 12.3 Å². The third-order valence-corrected chi connectivity index (χ3v) is 3.28. The minimum atomic E-state index is -1.39. The summed E-state index contributed by atoms with van der Waals surface area (Å²) >= 11 is 0. The minimum absolute atomic E-state index is 0.310. The first-order valence-electron chi connectivity index (χ1n) is 6.06. The van der Waals surface area contributed by atoms with Gasteiger partial charge in [-0.2, -0.15) is 0 Å². The molecular formula is C15H20O3. The fourth-order valence-corrected chi connectivity index (χ4v) is 1.68. The van der Waals surface area contributed by atoms with Gasteiger partial charge in [-0.1, -0.05) is 26.0 Å². The van der Waals surface area contributed by atoms with Gasteiger partial charge in [-0.3, -0.25) is 9.59 Å². The van der Waals surface area contributed by atoms with Crippen LogP contribution in [-0.4, -0.2) is 16.9 Å². The molecule has 0 radical (unpaired) electrons. The van der Waals surface area contributed by atoms with Crippen LogP contribution in [0.1, 0.15) is 55.1 Å². The second-order valence-electron chi connectivity index (χ2n) is 5.49. The van der Waals surface area contributed by atoms with Gasteiger partial charge in [-0.05, 0) is 43.9 Å². The van der Waals surface area contributed by atoms with E-state index in [4.69, 9.17) is 5.11 Å². The quantitative estimate of drug-likeness (QED) is 0.656. The predicted molar refractivity (Wildman–Crippen MR) is 71.0 cm³/mol. The van der Waals surface area contributed by atoms with E-state index in [1.54, 1.807) is 0 Å². The fraction of sp³-hybridized carbons (Fsp3) is 0.467. The molecule has 0 fully saturated rings. The van der Waals surface area contributed by atoms with Gasteiger partial charge < -0.3 is 5.11 Å². The molecule has 0 aliphatic heterocycles. The molecule has 1 aromatic carbocycles. The Bertz CT molecular complexity index is 485. The summed E-state index contributed by atoms with van der Waals surface area (Å²) in [5.74, 6) is -1.12. The van der Waals surface area contributed by atoms with Crippen molar-refractivity contribution in [3.8, 4) is 0 Å². The van der Waals surface area contributed by atoms with Crippen LogP contribution in [0.25, 0.3) is 0 Å². The lowest BCUT2D eigenvalue weighted by Crippen LogP contribution is -2.33. The minimum Gasteiger partial charge on any atom is -0.481 e. The van der Waals surface area contributed by atoms with Crippen LogP contribution < -0.4 is 0 Å². The molecule has 1 N–H and O–H groups in total. The first-order valence-corrected chi connectivity index (χ1v) is 6.06. The smallest absolute Gasteiger partial charge is 0.316 e. The number of carboxylic acids is 1. The summed E-state index contributed by atoms with van der Waals surface area (Å²) in [4.78, 5) is 23.5.